The second-order valence-electron chi connectivity index (χ2n) is 21.4. The minimum atomic E-state index is 0.256. The standard InChI is InChI=1S/C43H66N2S.C5H12.C2H6/c1-11-28-12-14-35-37(32(28)22-34-27(3)41(6,7)24-42(34,8)9)33-21-30-17-19-46-36-15-13-31-20-29(36)16-18-43(10,38(30)39(33)45-35)25-44-26(2)23-40(31,4)5;1-4-5(2)3;1-2/h11-12,14,26-27,29-31,34,36,38,44-45H,1,13,15-25H2,2-10H3;5H,4H2,1-3H3;1-2H3. The molecule has 2 nitrogen and oxygen atoms in total. The van der Waals surface area contributed by atoms with Crippen molar-refractivity contribution in [3.8, 4) is 0 Å². The maximum Gasteiger partial charge on any atom is 0.0462 e. The summed E-state index contributed by atoms with van der Waals surface area (Å²) in [5, 5.41) is 6.64. The van der Waals surface area contributed by atoms with Gasteiger partial charge in [0.05, 0.1) is 0 Å². The third kappa shape index (κ3) is 8.72. The zero-order valence-corrected chi connectivity index (χ0v) is 38.1. The number of aromatic amines is 1. The van der Waals surface area contributed by atoms with Crippen molar-refractivity contribution < 1.29 is 0 Å². The van der Waals surface area contributed by atoms with Crippen LogP contribution in [0.25, 0.3) is 17.0 Å². The van der Waals surface area contributed by atoms with Crippen molar-refractivity contribution in [3.05, 3.63) is 41.1 Å². The maximum absolute atomic E-state index is 4.35. The molecule has 0 spiro atoms. The van der Waals surface area contributed by atoms with Crippen LogP contribution >= 0.6 is 11.8 Å². The van der Waals surface area contributed by atoms with Crippen molar-refractivity contribution in [2.45, 2.75) is 185 Å². The highest BCUT2D eigenvalue weighted by molar-refractivity contribution is 7.99. The lowest BCUT2D eigenvalue weighted by atomic mass is 9.63. The number of thioether (sulfide) groups is 1. The van der Waals surface area contributed by atoms with Crippen molar-refractivity contribution in [1.82, 2.24) is 10.3 Å². The van der Waals surface area contributed by atoms with Crippen LogP contribution in [0, 0.1) is 57.2 Å². The summed E-state index contributed by atoms with van der Waals surface area (Å²) in [7, 11) is 0. The Kier molecular flexibility index (Phi) is 13.6. The Hall–Kier alpha value is -1.19. The van der Waals surface area contributed by atoms with Crippen LogP contribution in [0.1, 0.15) is 183 Å². The second-order valence-corrected chi connectivity index (χ2v) is 22.8. The van der Waals surface area contributed by atoms with E-state index in [2.05, 4.69) is 130 Å². The fraction of sp³-hybridized carbons (Fsp3) is 0.800. The molecule has 7 rings (SSSR count). The van der Waals surface area contributed by atoms with Crippen LogP contribution in [-0.4, -0.2) is 28.6 Å². The van der Waals surface area contributed by atoms with Gasteiger partial charge in [-0.2, -0.15) is 11.8 Å². The van der Waals surface area contributed by atoms with E-state index in [1.165, 1.54) is 87.5 Å². The van der Waals surface area contributed by atoms with Crippen molar-refractivity contribution >= 4 is 28.7 Å². The Bertz CT molecular complexity index is 1530. The molecule has 2 aliphatic heterocycles. The van der Waals surface area contributed by atoms with Crippen molar-refractivity contribution in [1.29, 1.82) is 0 Å². The molecule has 0 amide bonds. The molecule has 0 radical (unpaired) electrons. The zero-order valence-electron chi connectivity index (χ0n) is 37.2. The van der Waals surface area contributed by atoms with Crippen molar-refractivity contribution in [3.63, 3.8) is 0 Å². The smallest absolute Gasteiger partial charge is 0.0462 e. The van der Waals surface area contributed by atoms with Gasteiger partial charge in [0, 0.05) is 40.4 Å². The number of benzene rings is 1. The first kappa shape index (κ1) is 42.9. The first-order chi connectivity index (χ1) is 24.9. The van der Waals surface area contributed by atoms with Gasteiger partial charge in [-0.3, -0.25) is 0 Å². The molecule has 9 unspecified atom stereocenters. The molecule has 2 N–H and O–H groups in total. The molecule has 53 heavy (non-hydrogen) atoms. The predicted octanol–water partition coefficient (Wildman–Crippen LogP) is 14.5. The Morgan fingerprint density at radius 1 is 0.925 bits per heavy atom. The lowest BCUT2D eigenvalue weighted by Crippen LogP contribution is -2.43. The summed E-state index contributed by atoms with van der Waals surface area (Å²) in [4.78, 5) is 4.19. The molecule has 2 aromatic rings. The first-order valence-electron chi connectivity index (χ1n) is 22.5. The maximum atomic E-state index is 4.35. The fourth-order valence-corrected chi connectivity index (χ4v) is 14.2. The molecule has 5 aliphatic rings. The lowest BCUT2D eigenvalue weighted by molar-refractivity contribution is 0.105. The summed E-state index contributed by atoms with van der Waals surface area (Å²) in [6, 6.07) is 5.32. The van der Waals surface area contributed by atoms with Crippen LogP contribution < -0.4 is 5.32 Å². The summed E-state index contributed by atoms with van der Waals surface area (Å²) in [6.45, 7) is 39.1. The number of nitrogens with one attached hydrogen (secondary N) is 2. The van der Waals surface area contributed by atoms with Gasteiger partial charge >= 0.3 is 0 Å². The van der Waals surface area contributed by atoms with E-state index in [0.29, 0.717) is 40.0 Å². The van der Waals surface area contributed by atoms with Gasteiger partial charge in [-0.05, 0) is 157 Å². The third-order valence-electron chi connectivity index (χ3n) is 16.1. The Labute approximate surface area is 333 Å². The van der Waals surface area contributed by atoms with E-state index in [4.69, 9.17) is 0 Å². The minimum Gasteiger partial charge on any atom is -0.358 e. The average molecular weight is 745 g/mol. The largest absolute Gasteiger partial charge is 0.358 e. The number of rotatable bonds is 4. The molecule has 4 fully saturated rings. The highest BCUT2D eigenvalue weighted by Gasteiger charge is 2.52. The van der Waals surface area contributed by atoms with E-state index >= 15 is 0 Å². The van der Waals surface area contributed by atoms with Crippen LogP contribution in [0.2, 0.25) is 0 Å². The van der Waals surface area contributed by atoms with E-state index in [0.717, 1.165) is 35.5 Å². The second kappa shape index (κ2) is 16.7. The van der Waals surface area contributed by atoms with Crippen LogP contribution in [0.15, 0.2) is 18.7 Å². The number of hydrogen-bond donors (Lipinski definition) is 2. The number of hydrogen-bond acceptors (Lipinski definition) is 2. The molecule has 1 aromatic carbocycles. The number of fused-ring (bicyclic) bond motifs is 9. The van der Waals surface area contributed by atoms with E-state index in [9.17, 15) is 0 Å². The Morgan fingerprint density at radius 2 is 1.62 bits per heavy atom. The zero-order chi connectivity index (χ0) is 39.1. The molecule has 3 heteroatoms. The summed E-state index contributed by atoms with van der Waals surface area (Å²) < 4.78 is 0. The lowest BCUT2D eigenvalue weighted by Gasteiger charge is -2.45. The Morgan fingerprint density at radius 3 is 2.25 bits per heavy atom. The topological polar surface area (TPSA) is 27.8 Å². The third-order valence-corrected chi connectivity index (χ3v) is 17.6. The summed E-state index contributed by atoms with van der Waals surface area (Å²) in [5.74, 6) is 6.70. The molecule has 3 heterocycles. The first-order valence-corrected chi connectivity index (χ1v) is 23.6. The van der Waals surface area contributed by atoms with Gasteiger partial charge in [0.1, 0.15) is 0 Å². The van der Waals surface area contributed by atoms with E-state index < -0.39 is 0 Å². The average Bonchev–Trinajstić information content (AvgIpc) is 3.68. The van der Waals surface area contributed by atoms with Crippen LogP contribution in [0.5, 0.6) is 0 Å². The number of aromatic nitrogens is 1. The highest BCUT2D eigenvalue weighted by atomic mass is 32.2. The normalized spacial score (nSPS) is 35.7. The van der Waals surface area contributed by atoms with Crippen molar-refractivity contribution in [2.75, 3.05) is 12.3 Å². The monoisotopic (exact) mass is 745 g/mol. The molecule has 2 saturated heterocycles. The minimum absolute atomic E-state index is 0.256. The Balaban J connectivity index is 0.000000715. The predicted molar refractivity (Wildman–Crippen MR) is 238 cm³/mol. The van der Waals surface area contributed by atoms with Gasteiger partial charge in [0.25, 0.3) is 0 Å². The SMILES string of the molecule is C=Cc1ccc2[nH]c3c(c2c1CC1C(C)C(C)(C)CC1(C)C)CC1CCSC2CCC4CC2CCC(C)(CNC(C)CC4(C)C)C31.CC.CCC(C)C. The summed E-state index contributed by atoms with van der Waals surface area (Å²) in [5.41, 5.74) is 9.03. The number of H-pyrrole nitrogens is 1. The van der Waals surface area contributed by atoms with Gasteiger partial charge in [0.15, 0.2) is 0 Å². The van der Waals surface area contributed by atoms with Crippen molar-refractivity contribution in [2.24, 2.45) is 57.2 Å². The van der Waals surface area contributed by atoms with Crippen LogP contribution in [0.3, 0.4) is 0 Å². The fourth-order valence-electron chi connectivity index (χ4n) is 12.7. The molecule has 1 aromatic heterocycles. The van der Waals surface area contributed by atoms with Gasteiger partial charge in [-0.1, -0.05) is 115 Å². The highest BCUT2D eigenvalue weighted by Crippen LogP contribution is 2.60. The van der Waals surface area contributed by atoms with E-state index in [-0.39, 0.29) is 5.41 Å². The molecule has 9 atom stereocenters. The molecule has 2 saturated carbocycles. The molecular weight excluding hydrogens is 661 g/mol. The van der Waals surface area contributed by atoms with Gasteiger partial charge in [-0.15, -0.1) is 0 Å². The molecular formula is C50H84N2S. The summed E-state index contributed by atoms with van der Waals surface area (Å²) in [6.07, 6.45) is 16.9. The van der Waals surface area contributed by atoms with E-state index in [1.807, 2.05) is 13.8 Å². The van der Waals surface area contributed by atoms with Gasteiger partial charge in [0.2, 0.25) is 0 Å². The summed E-state index contributed by atoms with van der Waals surface area (Å²) >= 11 is 2.37. The van der Waals surface area contributed by atoms with E-state index in [1.54, 1.807) is 22.2 Å². The molecule has 3 aliphatic carbocycles. The quantitative estimate of drug-likeness (QED) is 0.326. The van der Waals surface area contributed by atoms with Crippen LogP contribution in [-0.2, 0) is 12.8 Å². The van der Waals surface area contributed by atoms with Crippen LogP contribution in [0.4, 0.5) is 0 Å². The molecule has 300 valence electrons. The van der Waals surface area contributed by atoms with Gasteiger partial charge in [-0.25, -0.2) is 0 Å². The molecule has 3 bridgehead atoms. The van der Waals surface area contributed by atoms with Gasteiger partial charge < -0.3 is 10.3 Å².